The lowest BCUT2D eigenvalue weighted by Gasteiger charge is -2.09. The molecule has 0 bridgehead atoms. The zero-order valence-corrected chi connectivity index (χ0v) is 6.08. The fraction of sp³-hybridized carbons (Fsp3) is 0.667. The molecule has 0 aliphatic carbocycles. The van der Waals surface area contributed by atoms with Crippen molar-refractivity contribution in [2.24, 2.45) is 0 Å². The SMILES string of the molecule is CS(=O)(=O)C(F)(F)C(=O)NF. The predicted molar refractivity (Wildman–Crippen MR) is 29.0 cm³/mol. The Labute approximate surface area is 60.2 Å². The Hall–Kier alpha value is -0.790. The van der Waals surface area contributed by atoms with Gasteiger partial charge < -0.3 is 0 Å². The number of amides is 1. The van der Waals surface area contributed by atoms with Crippen molar-refractivity contribution in [3.63, 3.8) is 0 Å². The van der Waals surface area contributed by atoms with Gasteiger partial charge in [0.1, 0.15) is 0 Å². The van der Waals surface area contributed by atoms with E-state index in [1.807, 2.05) is 0 Å². The molecule has 0 unspecified atom stereocenters. The molecule has 0 aromatic carbocycles. The molecule has 0 spiro atoms. The van der Waals surface area contributed by atoms with Crippen LogP contribution in [0.5, 0.6) is 0 Å². The number of hydrogen-bond acceptors (Lipinski definition) is 3. The molecule has 0 aromatic heterocycles. The summed E-state index contributed by atoms with van der Waals surface area (Å²) >= 11 is 0. The molecule has 1 amide bonds. The van der Waals surface area contributed by atoms with E-state index >= 15 is 0 Å². The van der Waals surface area contributed by atoms with E-state index in [1.165, 1.54) is 0 Å². The summed E-state index contributed by atoms with van der Waals surface area (Å²) < 4.78 is 55.4. The van der Waals surface area contributed by atoms with Gasteiger partial charge in [-0.1, -0.05) is 0 Å². The van der Waals surface area contributed by atoms with Crippen molar-refractivity contribution in [1.29, 1.82) is 0 Å². The zero-order valence-electron chi connectivity index (χ0n) is 5.27. The maximum Gasteiger partial charge on any atom is 0.423 e. The van der Waals surface area contributed by atoms with E-state index in [4.69, 9.17) is 0 Å². The summed E-state index contributed by atoms with van der Waals surface area (Å²) in [6.07, 6.45) is 0.127. The summed E-state index contributed by atoms with van der Waals surface area (Å²) in [7, 11) is -4.90. The average Bonchev–Trinajstić information content (AvgIpc) is 1.83. The van der Waals surface area contributed by atoms with Gasteiger partial charge >= 0.3 is 11.2 Å². The van der Waals surface area contributed by atoms with Crippen LogP contribution in [0.15, 0.2) is 0 Å². The van der Waals surface area contributed by atoms with E-state index in [1.54, 1.807) is 0 Å². The topological polar surface area (TPSA) is 63.2 Å². The van der Waals surface area contributed by atoms with Crippen LogP contribution in [0, 0.1) is 0 Å². The molecule has 0 fully saturated rings. The van der Waals surface area contributed by atoms with Gasteiger partial charge in [0, 0.05) is 6.26 Å². The highest BCUT2D eigenvalue weighted by Gasteiger charge is 2.50. The van der Waals surface area contributed by atoms with Gasteiger partial charge in [-0.25, -0.2) is 8.42 Å². The molecule has 0 saturated carbocycles. The summed E-state index contributed by atoms with van der Waals surface area (Å²) in [4.78, 5) is 9.86. The lowest BCUT2D eigenvalue weighted by atomic mass is 10.7. The van der Waals surface area contributed by atoms with E-state index in [-0.39, 0.29) is 11.8 Å². The average molecular weight is 191 g/mol. The van der Waals surface area contributed by atoms with Gasteiger partial charge in [0.05, 0.1) is 0 Å². The Kier molecular flexibility index (Phi) is 2.49. The lowest BCUT2D eigenvalue weighted by molar-refractivity contribution is -0.140. The van der Waals surface area contributed by atoms with Crippen LogP contribution in [0.3, 0.4) is 0 Å². The molecular formula is C3H4F3NO3S. The minimum atomic E-state index is -4.90. The molecule has 0 aromatic rings. The van der Waals surface area contributed by atoms with Crippen molar-refractivity contribution in [2.45, 2.75) is 5.25 Å². The number of sulfone groups is 1. The molecule has 0 saturated heterocycles. The number of rotatable bonds is 2. The Balaban J connectivity index is 4.90. The van der Waals surface area contributed by atoms with Gasteiger partial charge in [-0.05, 0) is 0 Å². The summed E-state index contributed by atoms with van der Waals surface area (Å²) in [5.41, 5.74) is 0.0437. The highest BCUT2D eigenvalue weighted by molar-refractivity contribution is 7.92. The Bertz CT molecular complexity index is 259. The van der Waals surface area contributed by atoms with Crippen LogP contribution in [0.25, 0.3) is 0 Å². The van der Waals surface area contributed by atoms with Crippen molar-refractivity contribution in [2.75, 3.05) is 6.26 Å². The number of nitrogens with one attached hydrogen (secondary N) is 1. The highest BCUT2D eigenvalue weighted by atomic mass is 32.2. The van der Waals surface area contributed by atoms with Crippen LogP contribution in [0.4, 0.5) is 13.3 Å². The first kappa shape index (κ1) is 10.2. The molecule has 1 N–H and O–H groups in total. The van der Waals surface area contributed by atoms with Crippen molar-refractivity contribution in [3.8, 4) is 0 Å². The van der Waals surface area contributed by atoms with E-state index in [2.05, 4.69) is 0 Å². The Morgan fingerprint density at radius 2 is 1.82 bits per heavy atom. The van der Waals surface area contributed by atoms with Crippen LogP contribution in [0.1, 0.15) is 0 Å². The molecule has 0 radical (unpaired) electrons. The third-order valence-corrected chi connectivity index (χ3v) is 1.93. The largest absolute Gasteiger partial charge is 0.423 e. The number of carbonyl (C=O) groups is 1. The molecule has 0 atom stereocenters. The van der Waals surface area contributed by atoms with Gasteiger partial charge in [-0.3, -0.25) is 4.79 Å². The van der Waals surface area contributed by atoms with Crippen LogP contribution >= 0.6 is 0 Å². The smallest absolute Gasteiger partial charge is 0.264 e. The normalized spacial score (nSPS) is 12.7. The summed E-state index contributed by atoms with van der Waals surface area (Å²) in [5.74, 6) is -2.49. The molecule has 4 nitrogen and oxygen atoms in total. The summed E-state index contributed by atoms with van der Waals surface area (Å²) in [5, 5.41) is -4.71. The van der Waals surface area contributed by atoms with Crippen LogP contribution in [0.2, 0.25) is 0 Å². The number of carbonyl (C=O) groups excluding carboxylic acids is 1. The minimum absolute atomic E-state index is 0.0437. The molecule has 11 heavy (non-hydrogen) atoms. The first-order valence-corrected chi connectivity index (χ1v) is 4.11. The number of hydrogen-bond donors (Lipinski definition) is 1. The highest BCUT2D eigenvalue weighted by Crippen LogP contribution is 2.20. The van der Waals surface area contributed by atoms with Crippen molar-refractivity contribution in [3.05, 3.63) is 0 Å². The van der Waals surface area contributed by atoms with Gasteiger partial charge in [0.2, 0.25) is 9.84 Å². The van der Waals surface area contributed by atoms with Gasteiger partial charge in [0.25, 0.3) is 0 Å². The molecule has 8 heteroatoms. The summed E-state index contributed by atoms with van der Waals surface area (Å²) in [6, 6.07) is 0. The fourth-order valence-corrected chi connectivity index (χ4v) is 0.599. The third kappa shape index (κ3) is 1.82. The van der Waals surface area contributed by atoms with Gasteiger partial charge in [0.15, 0.2) is 0 Å². The molecule has 0 heterocycles. The lowest BCUT2D eigenvalue weighted by Crippen LogP contribution is -2.42. The van der Waals surface area contributed by atoms with Crippen molar-refractivity contribution < 1.29 is 26.5 Å². The van der Waals surface area contributed by atoms with Crippen LogP contribution in [-0.4, -0.2) is 25.8 Å². The van der Waals surface area contributed by atoms with Crippen molar-refractivity contribution in [1.82, 2.24) is 5.54 Å². The Morgan fingerprint density at radius 3 is 1.91 bits per heavy atom. The fourth-order valence-electron chi connectivity index (χ4n) is 0.223. The van der Waals surface area contributed by atoms with E-state index in [9.17, 15) is 26.5 Å². The first-order chi connectivity index (χ1) is 4.73. The second-order valence-corrected chi connectivity index (χ2v) is 3.77. The van der Waals surface area contributed by atoms with E-state index < -0.39 is 21.0 Å². The molecule has 66 valence electrons. The van der Waals surface area contributed by atoms with Gasteiger partial charge in [-0.2, -0.15) is 14.3 Å². The second kappa shape index (κ2) is 2.68. The number of halogens is 3. The van der Waals surface area contributed by atoms with Crippen molar-refractivity contribution >= 4 is 15.7 Å². The number of alkyl halides is 2. The molecule has 0 aliphatic heterocycles. The third-order valence-electron chi connectivity index (χ3n) is 0.816. The minimum Gasteiger partial charge on any atom is -0.264 e. The molecular weight excluding hydrogens is 187 g/mol. The van der Waals surface area contributed by atoms with E-state index in [0.717, 1.165) is 0 Å². The van der Waals surface area contributed by atoms with Crippen LogP contribution in [-0.2, 0) is 14.6 Å². The molecule has 0 rings (SSSR count). The second-order valence-electron chi connectivity index (χ2n) is 1.71. The quantitative estimate of drug-likeness (QED) is 0.605. The predicted octanol–water partition coefficient (Wildman–Crippen LogP) is -0.376. The first-order valence-electron chi connectivity index (χ1n) is 2.22. The maximum absolute atomic E-state index is 12.1. The zero-order chi connectivity index (χ0) is 9.28. The Morgan fingerprint density at radius 1 is 1.45 bits per heavy atom. The maximum atomic E-state index is 12.1. The monoisotopic (exact) mass is 191 g/mol. The van der Waals surface area contributed by atoms with Crippen LogP contribution < -0.4 is 5.54 Å². The molecule has 0 aliphatic rings. The van der Waals surface area contributed by atoms with Gasteiger partial charge in [-0.15, -0.1) is 4.48 Å². The summed E-state index contributed by atoms with van der Waals surface area (Å²) in [6.45, 7) is 0. The standard InChI is InChI=1S/C3H4F3NO3S/c1-11(9,10)3(4,5)2(8)7-6/h1H3,(H,7,8). The van der Waals surface area contributed by atoms with E-state index in [0.29, 0.717) is 0 Å².